The minimum absolute atomic E-state index is 0.114. The average Bonchev–Trinajstić information content (AvgIpc) is 2.76. The fourth-order valence-corrected chi connectivity index (χ4v) is 6.23. The van der Waals surface area contributed by atoms with Crippen LogP contribution in [0.25, 0.3) is 0 Å². The van der Waals surface area contributed by atoms with Crippen LogP contribution in [0.5, 0.6) is 11.5 Å². The molecule has 0 atom stereocenters. The summed E-state index contributed by atoms with van der Waals surface area (Å²) in [5.41, 5.74) is 4.58. The Labute approximate surface area is 231 Å². The van der Waals surface area contributed by atoms with Crippen LogP contribution in [0.2, 0.25) is 0 Å². The summed E-state index contributed by atoms with van der Waals surface area (Å²) in [4.78, 5) is 2.50. The van der Waals surface area contributed by atoms with Crippen LogP contribution in [0.15, 0.2) is 64.4 Å². The molecule has 0 aromatic heterocycles. The first kappa shape index (κ1) is 31.7. The first-order chi connectivity index (χ1) is 17.3. The lowest BCUT2D eigenvalue weighted by molar-refractivity contribution is 0.253. The molecule has 3 aromatic rings. The molecule has 0 heterocycles. The molecule has 0 saturated heterocycles. The van der Waals surface area contributed by atoms with Crippen LogP contribution in [-0.2, 0) is 42.9 Å². The highest BCUT2D eigenvalue weighted by molar-refractivity contribution is 7.96. The van der Waals surface area contributed by atoms with Gasteiger partial charge in [0.05, 0.1) is 17.5 Å². The van der Waals surface area contributed by atoms with E-state index in [1.165, 1.54) is 9.79 Å². The molecular weight excluding hydrogens is 520 g/mol. The zero-order valence-corrected chi connectivity index (χ0v) is 25.4. The van der Waals surface area contributed by atoms with Crippen molar-refractivity contribution in [2.45, 2.75) is 82.6 Å². The van der Waals surface area contributed by atoms with E-state index in [2.05, 4.69) is 78.0 Å². The summed E-state index contributed by atoms with van der Waals surface area (Å²) in [6, 6.07) is 16.7. The number of benzene rings is 3. The zero-order valence-electron chi connectivity index (χ0n) is 23.7. The van der Waals surface area contributed by atoms with Crippen LogP contribution in [0.4, 0.5) is 0 Å². The van der Waals surface area contributed by atoms with Crippen LogP contribution in [0.3, 0.4) is 0 Å². The number of phenols is 2. The number of hydrogen-bond donors (Lipinski definition) is 2. The highest BCUT2D eigenvalue weighted by Crippen LogP contribution is 2.39. The minimum Gasteiger partial charge on any atom is -0.726 e. The third-order valence-electron chi connectivity index (χ3n) is 6.08. The Kier molecular flexibility index (Phi) is 10.1. The van der Waals surface area contributed by atoms with Gasteiger partial charge in [-0.05, 0) is 42.4 Å². The van der Waals surface area contributed by atoms with Crippen molar-refractivity contribution in [1.29, 1.82) is 0 Å². The van der Waals surface area contributed by atoms with Gasteiger partial charge < -0.3 is 14.8 Å². The molecule has 0 amide bonds. The first-order valence-corrected chi connectivity index (χ1v) is 15.3. The van der Waals surface area contributed by atoms with Crippen LogP contribution in [0.1, 0.15) is 69.4 Å². The van der Waals surface area contributed by atoms with E-state index in [1.54, 1.807) is 30.3 Å². The molecule has 0 unspecified atom stereocenters. The maximum Gasteiger partial charge on any atom is 0.217 e. The Balaban J connectivity index is 0.000000352. The SMILES string of the molecule is Cc1cc(O)c(C(C)(C)C)cc1[S+](C)c1cc(C(C)(C)C)c(O)cc1C.O=S(=O)([O-])OCc1ccccc1. The van der Waals surface area contributed by atoms with Gasteiger partial charge in [-0.25, -0.2) is 8.42 Å². The Bertz CT molecular complexity index is 1280. The number of rotatable bonds is 5. The molecular formula is C30H40O6S2. The molecule has 2 N–H and O–H groups in total. The van der Waals surface area contributed by atoms with Gasteiger partial charge in [0.25, 0.3) is 0 Å². The summed E-state index contributed by atoms with van der Waals surface area (Å²) in [7, 11) is -4.72. The molecule has 0 fully saturated rings. The van der Waals surface area contributed by atoms with Crippen LogP contribution >= 0.6 is 0 Å². The second-order valence-electron chi connectivity index (χ2n) is 11.4. The second-order valence-corrected chi connectivity index (χ2v) is 14.4. The van der Waals surface area contributed by atoms with Crippen molar-refractivity contribution in [2.75, 3.05) is 6.26 Å². The Morgan fingerprint density at radius 1 is 0.789 bits per heavy atom. The molecule has 0 saturated carbocycles. The lowest BCUT2D eigenvalue weighted by Crippen LogP contribution is -2.15. The van der Waals surface area contributed by atoms with E-state index in [1.807, 2.05) is 12.1 Å². The van der Waals surface area contributed by atoms with Crippen molar-refractivity contribution in [2.24, 2.45) is 0 Å². The van der Waals surface area contributed by atoms with Gasteiger partial charge in [-0.1, -0.05) is 71.9 Å². The van der Waals surface area contributed by atoms with Gasteiger partial charge in [0.1, 0.15) is 17.8 Å². The van der Waals surface area contributed by atoms with E-state index in [9.17, 15) is 23.2 Å². The highest BCUT2D eigenvalue weighted by atomic mass is 32.3. The van der Waals surface area contributed by atoms with Crippen LogP contribution in [0, 0.1) is 13.8 Å². The number of phenolic OH excluding ortho intramolecular Hbond substituents is 2. The zero-order chi connectivity index (χ0) is 29.1. The van der Waals surface area contributed by atoms with Gasteiger partial charge in [-0.3, -0.25) is 4.18 Å². The van der Waals surface area contributed by atoms with Gasteiger partial charge in [0.15, 0.2) is 9.79 Å². The normalized spacial score (nSPS) is 12.3. The molecule has 0 aliphatic rings. The van der Waals surface area contributed by atoms with E-state index >= 15 is 0 Å². The van der Waals surface area contributed by atoms with Crippen molar-refractivity contribution in [1.82, 2.24) is 0 Å². The lowest BCUT2D eigenvalue weighted by Gasteiger charge is -2.23. The molecule has 0 aliphatic carbocycles. The second kappa shape index (κ2) is 12.1. The van der Waals surface area contributed by atoms with E-state index in [0.29, 0.717) is 17.1 Å². The maximum atomic E-state index is 10.4. The largest absolute Gasteiger partial charge is 0.726 e. The molecule has 8 heteroatoms. The van der Waals surface area contributed by atoms with Crippen molar-refractivity contribution in [3.8, 4) is 11.5 Å². The summed E-state index contributed by atoms with van der Waals surface area (Å²) < 4.78 is 34.1. The fraction of sp³-hybridized carbons (Fsp3) is 0.400. The third-order valence-corrected chi connectivity index (χ3v) is 8.68. The van der Waals surface area contributed by atoms with Gasteiger partial charge in [0.2, 0.25) is 10.4 Å². The van der Waals surface area contributed by atoms with Gasteiger partial charge in [-0.15, -0.1) is 0 Å². The number of hydrogen-bond acceptors (Lipinski definition) is 6. The predicted molar refractivity (Wildman–Crippen MR) is 154 cm³/mol. The Morgan fingerprint density at radius 3 is 1.53 bits per heavy atom. The fourth-order valence-electron chi connectivity index (χ4n) is 4.04. The maximum absolute atomic E-state index is 10.4. The summed E-state index contributed by atoms with van der Waals surface area (Å²) in [6.07, 6.45) is 2.23. The quantitative estimate of drug-likeness (QED) is 0.206. The van der Waals surface area contributed by atoms with E-state index in [-0.39, 0.29) is 28.3 Å². The van der Waals surface area contributed by atoms with Crippen molar-refractivity contribution in [3.05, 3.63) is 82.4 Å². The van der Waals surface area contributed by atoms with Crippen molar-refractivity contribution < 1.29 is 27.4 Å². The lowest BCUT2D eigenvalue weighted by atomic mass is 9.86. The van der Waals surface area contributed by atoms with Crippen LogP contribution < -0.4 is 0 Å². The Morgan fingerprint density at radius 2 is 1.18 bits per heavy atom. The van der Waals surface area contributed by atoms with E-state index in [4.69, 9.17) is 0 Å². The van der Waals surface area contributed by atoms with Crippen molar-refractivity contribution in [3.63, 3.8) is 0 Å². The molecule has 0 spiro atoms. The molecule has 6 nitrogen and oxygen atoms in total. The van der Waals surface area contributed by atoms with E-state index < -0.39 is 10.4 Å². The van der Waals surface area contributed by atoms with Gasteiger partial charge in [0, 0.05) is 34.4 Å². The molecule has 38 heavy (non-hydrogen) atoms. The average molecular weight is 561 g/mol. The molecule has 0 aliphatic heterocycles. The number of aryl methyl sites for hydroxylation is 2. The molecule has 0 bridgehead atoms. The van der Waals surface area contributed by atoms with Gasteiger partial charge in [-0.2, -0.15) is 0 Å². The van der Waals surface area contributed by atoms with Crippen molar-refractivity contribution >= 4 is 21.3 Å². The smallest absolute Gasteiger partial charge is 0.217 e. The Hall–Kier alpha value is -2.52. The molecule has 3 rings (SSSR count). The highest BCUT2D eigenvalue weighted by Gasteiger charge is 2.30. The van der Waals surface area contributed by atoms with Gasteiger partial charge >= 0.3 is 0 Å². The topological polar surface area (TPSA) is 107 Å². The molecule has 0 radical (unpaired) electrons. The monoisotopic (exact) mass is 560 g/mol. The summed E-state index contributed by atoms with van der Waals surface area (Å²) in [6.45, 7) is 16.7. The molecule has 208 valence electrons. The predicted octanol–water partition coefficient (Wildman–Crippen LogP) is 6.64. The third kappa shape index (κ3) is 8.76. The summed E-state index contributed by atoms with van der Waals surface area (Å²) in [5.74, 6) is 0.738. The van der Waals surface area contributed by atoms with Crippen LogP contribution in [-0.4, -0.2) is 29.4 Å². The first-order valence-electron chi connectivity index (χ1n) is 12.3. The van der Waals surface area contributed by atoms with E-state index in [0.717, 1.165) is 22.3 Å². The summed E-state index contributed by atoms with van der Waals surface area (Å²) in [5, 5.41) is 20.8. The summed E-state index contributed by atoms with van der Waals surface area (Å²) >= 11 is 0. The number of aromatic hydroxyl groups is 2. The minimum atomic E-state index is -4.57. The standard InChI is InChI=1S/C23H32O2S.C7H8O4S/c1-14-10-18(24)16(22(3,4)5)12-20(14)26(9)21-13-17(23(6,7)8)19(25)11-15(21)2;8-12(9,10)11-6-7-4-2-1-3-5-7/h10-13H,1-9H3,(H-,24,25);1-5H,6H2,(H,8,9,10). The molecule has 3 aromatic carbocycles.